The molecule has 25 heavy (non-hydrogen) atoms. The summed E-state index contributed by atoms with van der Waals surface area (Å²) >= 11 is 0. The average Bonchev–Trinajstić information content (AvgIpc) is 3.25. The first-order valence-electron chi connectivity index (χ1n) is 9.09. The maximum atomic E-state index is 12.8. The van der Waals surface area contributed by atoms with E-state index >= 15 is 0 Å². The number of rotatable bonds is 6. The van der Waals surface area contributed by atoms with Gasteiger partial charge in [-0.1, -0.05) is 12.1 Å². The van der Waals surface area contributed by atoms with Crippen LogP contribution in [0.2, 0.25) is 0 Å². The largest absolute Gasteiger partial charge is 0.494 e. The normalized spacial score (nSPS) is 23.8. The van der Waals surface area contributed by atoms with Crippen molar-refractivity contribution in [2.45, 2.75) is 44.7 Å². The molecule has 0 spiro atoms. The van der Waals surface area contributed by atoms with Crippen LogP contribution in [0.1, 0.15) is 44.2 Å². The first-order chi connectivity index (χ1) is 12.1. The summed E-state index contributed by atoms with van der Waals surface area (Å²) in [5.74, 6) is 0.0443. The van der Waals surface area contributed by atoms with Crippen molar-refractivity contribution in [2.75, 3.05) is 26.2 Å². The van der Waals surface area contributed by atoms with Gasteiger partial charge in [-0.25, -0.2) is 0 Å². The molecule has 1 aromatic carbocycles. The molecule has 2 fully saturated rings. The zero-order chi connectivity index (χ0) is 17.8. The minimum atomic E-state index is -0.824. The molecule has 0 unspecified atom stereocenters. The minimum absolute atomic E-state index is 0.0320. The van der Waals surface area contributed by atoms with Crippen molar-refractivity contribution >= 4 is 11.9 Å². The lowest BCUT2D eigenvalue weighted by atomic mass is 10.0. The van der Waals surface area contributed by atoms with Crippen molar-refractivity contribution in [3.05, 3.63) is 29.8 Å². The molecule has 1 amide bonds. The number of aliphatic carboxylic acids is 1. The van der Waals surface area contributed by atoms with E-state index in [-0.39, 0.29) is 18.5 Å². The second kappa shape index (κ2) is 7.87. The molecule has 2 saturated heterocycles. The molecule has 1 N–H and O–H groups in total. The molecule has 2 aliphatic heterocycles. The summed E-state index contributed by atoms with van der Waals surface area (Å²) in [5, 5.41) is 9.28. The number of hydrogen-bond acceptors (Lipinski definition) is 4. The Morgan fingerprint density at radius 1 is 1.16 bits per heavy atom. The van der Waals surface area contributed by atoms with Gasteiger partial charge in [0.15, 0.2) is 0 Å². The smallest absolute Gasteiger partial charge is 0.320 e. The maximum absolute atomic E-state index is 12.8. The molecule has 6 nitrogen and oxygen atoms in total. The van der Waals surface area contributed by atoms with Crippen molar-refractivity contribution in [1.82, 2.24) is 9.80 Å². The molecule has 0 aliphatic carbocycles. The molecule has 0 saturated carbocycles. The van der Waals surface area contributed by atoms with Crippen LogP contribution in [0.4, 0.5) is 0 Å². The average molecular weight is 346 g/mol. The molecule has 2 heterocycles. The summed E-state index contributed by atoms with van der Waals surface area (Å²) in [6, 6.07) is 7.50. The van der Waals surface area contributed by atoms with Gasteiger partial charge in [-0.2, -0.15) is 0 Å². The third-order valence-corrected chi connectivity index (χ3v) is 5.14. The number of carbonyl (C=O) groups is 2. The lowest BCUT2D eigenvalue weighted by Gasteiger charge is -2.28. The Bertz CT molecular complexity index is 616. The van der Waals surface area contributed by atoms with Crippen molar-refractivity contribution in [1.29, 1.82) is 0 Å². The molecule has 2 atom stereocenters. The number of nitrogens with zero attached hydrogens (tertiary/aromatic N) is 2. The van der Waals surface area contributed by atoms with E-state index in [0.717, 1.165) is 37.1 Å². The summed E-state index contributed by atoms with van der Waals surface area (Å²) in [7, 11) is 0. The van der Waals surface area contributed by atoms with Crippen molar-refractivity contribution < 1.29 is 19.4 Å². The van der Waals surface area contributed by atoms with Gasteiger partial charge in [-0.05, 0) is 56.8 Å². The quantitative estimate of drug-likeness (QED) is 0.856. The number of amides is 1. The Balaban J connectivity index is 1.66. The van der Waals surface area contributed by atoms with Crippen LogP contribution in [0, 0.1) is 0 Å². The molecule has 136 valence electrons. The number of ether oxygens (including phenoxy) is 1. The van der Waals surface area contributed by atoms with Gasteiger partial charge in [0.1, 0.15) is 11.8 Å². The van der Waals surface area contributed by atoms with Gasteiger partial charge in [-0.3, -0.25) is 14.5 Å². The van der Waals surface area contributed by atoms with E-state index in [2.05, 4.69) is 0 Å². The van der Waals surface area contributed by atoms with Crippen LogP contribution in [0.25, 0.3) is 0 Å². The van der Waals surface area contributed by atoms with Crippen LogP contribution in [-0.2, 0) is 9.59 Å². The van der Waals surface area contributed by atoms with Gasteiger partial charge in [0.05, 0.1) is 19.2 Å². The van der Waals surface area contributed by atoms with E-state index < -0.39 is 12.0 Å². The highest BCUT2D eigenvalue weighted by Crippen LogP contribution is 2.33. The summed E-state index contributed by atoms with van der Waals surface area (Å²) in [4.78, 5) is 27.8. The molecule has 0 radical (unpaired) electrons. The number of carboxylic acids is 1. The van der Waals surface area contributed by atoms with E-state index in [4.69, 9.17) is 4.74 Å². The second-order valence-electron chi connectivity index (χ2n) is 6.71. The van der Waals surface area contributed by atoms with Gasteiger partial charge >= 0.3 is 5.97 Å². The highest BCUT2D eigenvalue weighted by atomic mass is 16.5. The van der Waals surface area contributed by atoms with Gasteiger partial charge < -0.3 is 14.7 Å². The number of hydrogen-bond donors (Lipinski definition) is 1. The third kappa shape index (κ3) is 3.95. The maximum Gasteiger partial charge on any atom is 0.320 e. The Morgan fingerprint density at radius 3 is 2.56 bits per heavy atom. The summed E-state index contributed by atoms with van der Waals surface area (Å²) in [6.07, 6.45) is 3.39. The first kappa shape index (κ1) is 17.7. The van der Waals surface area contributed by atoms with E-state index in [1.165, 1.54) is 0 Å². The second-order valence-corrected chi connectivity index (χ2v) is 6.71. The zero-order valence-electron chi connectivity index (χ0n) is 14.7. The lowest BCUT2D eigenvalue weighted by Crippen LogP contribution is -2.44. The van der Waals surface area contributed by atoms with E-state index in [0.29, 0.717) is 19.6 Å². The highest BCUT2D eigenvalue weighted by Gasteiger charge is 2.35. The summed E-state index contributed by atoms with van der Waals surface area (Å²) in [6.45, 7) is 4.21. The monoisotopic (exact) mass is 346 g/mol. The third-order valence-electron chi connectivity index (χ3n) is 5.14. The molecular weight excluding hydrogens is 320 g/mol. The number of carbonyl (C=O) groups excluding carboxylic acids is 1. The fourth-order valence-corrected chi connectivity index (χ4v) is 3.92. The molecular formula is C19H26N2O4. The van der Waals surface area contributed by atoms with Crippen LogP contribution in [-0.4, -0.2) is 59.1 Å². The number of likely N-dealkylation sites (tertiary alicyclic amines) is 2. The molecule has 1 aromatic rings. The summed E-state index contributed by atoms with van der Waals surface area (Å²) < 4.78 is 5.48. The van der Waals surface area contributed by atoms with Gasteiger partial charge in [0.25, 0.3) is 0 Å². The summed E-state index contributed by atoms with van der Waals surface area (Å²) in [5.41, 5.74) is 1.12. The SMILES string of the molecule is CCOc1ccc([C@H]2CCCN2C(=O)CN2CCC[C@@H]2C(=O)O)cc1. The van der Waals surface area contributed by atoms with Gasteiger partial charge in [-0.15, -0.1) is 0 Å². The van der Waals surface area contributed by atoms with Crippen LogP contribution in [0.5, 0.6) is 5.75 Å². The van der Waals surface area contributed by atoms with Crippen LogP contribution in [0.15, 0.2) is 24.3 Å². The predicted molar refractivity (Wildman–Crippen MR) is 93.5 cm³/mol. The van der Waals surface area contributed by atoms with Gasteiger partial charge in [0.2, 0.25) is 5.91 Å². The van der Waals surface area contributed by atoms with Crippen molar-refractivity contribution in [3.8, 4) is 5.75 Å². The molecule has 0 bridgehead atoms. The zero-order valence-corrected chi connectivity index (χ0v) is 14.7. The Kier molecular flexibility index (Phi) is 5.58. The molecule has 3 rings (SSSR count). The van der Waals surface area contributed by atoms with E-state index in [9.17, 15) is 14.7 Å². The number of carboxylic acid groups (broad SMARTS) is 1. The lowest BCUT2D eigenvalue weighted by molar-refractivity contribution is -0.143. The topological polar surface area (TPSA) is 70.1 Å². The van der Waals surface area contributed by atoms with Gasteiger partial charge in [0, 0.05) is 6.54 Å². The van der Waals surface area contributed by atoms with E-state index in [1.54, 1.807) is 4.90 Å². The highest BCUT2D eigenvalue weighted by molar-refractivity contribution is 5.81. The Morgan fingerprint density at radius 2 is 1.88 bits per heavy atom. The number of benzene rings is 1. The standard InChI is InChI=1S/C19H26N2O4/c1-2-25-15-9-7-14(8-10-15)16-5-4-12-21(16)18(22)13-20-11-3-6-17(20)19(23)24/h7-10,16-17H,2-6,11-13H2,1H3,(H,23,24)/t16-,17-/m1/s1. The Hall–Kier alpha value is -2.08. The molecule has 0 aromatic heterocycles. The van der Waals surface area contributed by atoms with E-state index in [1.807, 2.05) is 36.1 Å². The van der Waals surface area contributed by atoms with Crippen molar-refractivity contribution in [3.63, 3.8) is 0 Å². The fraction of sp³-hybridized carbons (Fsp3) is 0.579. The van der Waals surface area contributed by atoms with Crippen LogP contribution in [0.3, 0.4) is 0 Å². The predicted octanol–water partition coefficient (Wildman–Crippen LogP) is 2.30. The fourth-order valence-electron chi connectivity index (χ4n) is 3.92. The minimum Gasteiger partial charge on any atom is -0.494 e. The molecule has 6 heteroatoms. The van der Waals surface area contributed by atoms with Crippen molar-refractivity contribution in [2.24, 2.45) is 0 Å². The van der Waals surface area contributed by atoms with Crippen LogP contribution >= 0.6 is 0 Å². The Labute approximate surface area is 148 Å². The first-order valence-corrected chi connectivity index (χ1v) is 9.09. The molecule has 2 aliphatic rings. The van der Waals surface area contributed by atoms with Crippen LogP contribution < -0.4 is 4.74 Å².